The first-order chi connectivity index (χ1) is 9.04. The first-order valence-electron chi connectivity index (χ1n) is 5.57. The zero-order valence-electron chi connectivity index (χ0n) is 10.2. The molecule has 0 atom stereocenters. The number of anilines is 1. The quantitative estimate of drug-likeness (QED) is 0.843. The molecule has 7 nitrogen and oxygen atoms in total. The lowest BCUT2D eigenvalue weighted by molar-refractivity contribution is -0.116. The van der Waals surface area contributed by atoms with Gasteiger partial charge < -0.3 is 9.88 Å². The van der Waals surface area contributed by atoms with E-state index in [9.17, 15) is 14.4 Å². The van der Waals surface area contributed by atoms with Crippen LogP contribution in [0.15, 0.2) is 27.9 Å². The first-order valence-corrected chi connectivity index (χ1v) is 6.35. The summed E-state index contributed by atoms with van der Waals surface area (Å²) in [6.07, 6.45) is 1.51. The number of aromatic amines is 1. The Hall–Kier alpha value is -2.22. The van der Waals surface area contributed by atoms with Crippen molar-refractivity contribution in [3.8, 4) is 0 Å². The normalized spacial score (nSPS) is 10.4. The third-order valence-corrected chi connectivity index (χ3v) is 3.16. The van der Waals surface area contributed by atoms with Crippen molar-refractivity contribution in [3.63, 3.8) is 0 Å². The monoisotopic (exact) mass is 280 g/mol. The Balaban J connectivity index is 1.93. The maximum absolute atomic E-state index is 11.7. The van der Waals surface area contributed by atoms with Crippen LogP contribution < -0.4 is 16.6 Å². The van der Waals surface area contributed by atoms with Gasteiger partial charge in [0.05, 0.1) is 5.69 Å². The summed E-state index contributed by atoms with van der Waals surface area (Å²) < 4.78 is 5.32. The summed E-state index contributed by atoms with van der Waals surface area (Å²) in [5.41, 5.74) is -0.128. The molecule has 0 fully saturated rings. The second-order valence-electron chi connectivity index (χ2n) is 3.93. The predicted octanol–water partition coefficient (Wildman–Crippen LogP) is 0.330. The van der Waals surface area contributed by atoms with Crippen molar-refractivity contribution in [2.24, 2.45) is 0 Å². The van der Waals surface area contributed by atoms with Gasteiger partial charge in [0, 0.05) is 25.2 Å². The van der Waals surface area contributed by atoms with Crippen molar-refractivity contribution in [1.82, 2.24) is 13.9 Å². The minimum absolute atomic E-state index is 0.142. The Labute approximate surface area is 112 Å². The molecule has 0 aliphatic heterocycles. The van der Waals surface area contributed by atoms with E-state index in [4.69, 9.17) is 0 Å². The minimum Gasteiger partial charge on any atom is -0.316 e. The van der Waals surface area contributed by atoms with Crippen molar-refractivity contribution >= 4 is 22.4 Å². The number of nitrogens with zero attached hydrogens (tertiary/aromatic N) is 2. The summed E-state index contributed by atoms with van der Waals surface area (Å²) in [7, 11) is 0. The van der Waals surface area contributed by atoms with Crippen LogP contribution in [0.5, 0.6) is 0 Å². The van der Waals surface area contributed by atoms with E-state index in [-0.39, 0.29) is 18.9 Å². The van der Waals surface area contributed by atoms with Gasteiger partial charge in [-0.3, -0.25) is 14.6 Å². The molecule has 2 heterocycles. The summed E-state index contributed by atoms with van der Waals surface area (Å²) in [5, 5.41) is 3.37. The summed E-state index contributed by atoms with van der Waals surface area (Å²) in [6.45, 7) is 2.05. The van der Waals surface area contributed by atoms with E-state index in [1.165, 1.54) is 28.4 Å². The lowest BCUT2D eigenvalue weighted by Gasteiger charge is -2.04. The van der Waals surface area contributed by atoms with Crippen LogP contribution in [0.2, 0.25) is 0 Å². The van der Waals surface area contributed by atoms with Gasteiger partial charge in [-0.05, 0) is 24.5 Å². The third kappa shape index (κ3) is 3.62. The van der Waals surface area contributed by atoms with Crippen LogP contribution in [-0.4, -0.2) is 19.8 Å². The molecule has 0 aromatic carbocycles. The summed E-state index contributed by atoms with van der Waals surface area (Å²) >= 11 is 1.21. The summed E-state index contributed by atoms with van der Waals surface area (Å²) in [6, 6.07) is 3.01. The summed E-state index contributed by atoms with van der Waals surface area (Å²) in [4.78, 5) is 36.0. The van der Waals surface area contributed by atoms with E-state index in [1.807, 2.05) is 6.92 Å². The van der Waals surface area contributed by atoms with Gasteiger partial charge >= 0.3 is 5.69 Å². The number of carbonyl (C=O) groups excluding carboxylic acids is 1. The molecule has 19 heavy (non-hydrogen) atoms. The fraction of sp³-hybridized carbons (Fsp3) is 0.273. The van der Waals surface area contributed by atoms with Crippen molar-refractivity contribution in [3.05, 3.63) is 44.9 Å². The Bertz CT molecular complexity index is 700. The highest BCUT2D eigenvalue weighted by Crippen LogP contribution is 2.15. The van der Waals surface area contributed by atoms with Crippen molar-refractivity contribution in [1.29, 1.82) is 0 Å². The average molecular weight is 280 g/mol. The lowest BCUT2D eigenvalue weighted by atomic mass is 10.4. The zero-order valence-corrected chi connectivity index (χ0v) is 11.0. The fourth-order valence-electron chi connectivity index (χ4n) is 1.46. The van der Waals surface area contributed by atoms with E-state index in [2.05, 4.69) is 14.7 Å². The molecule has 0 radical (unpaired) electrons. The van der Waals surface area contributed by atoms with Gasteiger partial charge in [-0.1, -0.05) is 0 Å². The molecule has 0 unspecified atom stereocenters. The molecule has 2 aromatic rings. The molecule has 0 aliphatic rings. The number of amides is 1. The van der Waals surface area contributed by atoms with Crippen LogP contribution in [0.25, 0.3) is 0 Å². The summed E-state index contributed by atoms with van der Waals surface area (Å²) in [5.74, 6) is -0.207. The molecule has 0 spiro atoms. The van der Waals surface area contributed by atoms with E-state index in [0.717, 1.165) is 5.69 Å². The molecule has 1 amide bonds. The maximum atomic E-state index is 11.7. The smallest absolute Gasteiger partial charge is 0.316 e. The Morgan fingerprint density at radius 2 is 2.32 bits per heavy atom. The molecule has 8 heteroatoms. The van der Waals surface area contributed by atoms with Gasteiger partial charge in [0.15, 0.2) is 0 Å². The van der Waals surface area contributed by atoms with Gasteiger partial charge in [-0.15, -0.1) is 0 Å². The highest BCUT2D eigenvalue weighted by molar-refractivity contribution is 7.10. The van der Waals surface area contributed by atoms with Crippen LogP contribution in [0.1, 0.15) is 12.1 Å². The van der Waals surface area contributed by atoms with Crippen LogP contribution in [0.3, 0.4) is 0 Å². The predicted molar refractivity (Wildman–Crippen MR) is 71.4 cm³/mol. The second kappa shape index (κ2) is 5.61. The van der Waals surface area contributed by atoms with Crippen molar-refractivity contribution in [2.75, 3.05) is 5.32 Å². The molecule has 2 rings (SSSR count). The van der Waals surface area contributed by atoms with E-state index in [0.29, 0.717) is 5.00 Å². The highest BCUT2D eigenvalue weighted by Gasteiger charge is 2.06. The van der Waals surface area contributed by atoms with Gasteiger partial charge in [-0.25, -0.2) is 4.79 Å². The second-order valence-corrected chi connectivity index (χ2v) is 4.74. The van der Waals surface area contributed by atoms with Gasteiger partial charge in [0.25, 0.3) is 5.56 Å². The molecule has 2 aromatic heterocycles. The Morgan fingerprint density at radius 3 is 2.95 bits per heavy atom. The van der Waals surface area contributed by atoms with Crippen LogP contribution in [0.4, 0.5) is 5.00 Å². The van der Waals surface area contributed by atoms with Crippen molar-refractivity contribution in [2.45, 2.75) is 19.9 Å². The lowest BCUT2D eigenvalue weighted by Crippen LogP contribution is -2.29. The van der Waals surface area contributed by atoms with Crippen LogP contribution in [0, 0.1) is 6.92 Å². The van der Waals surface area contributed by atoms with Gasteiger partial charge in [0.2, 0.25) is 5.91 Å². The van der Waals surface area contributed by atoms with E-state index in [1.54, 1.807) is 6.07 Å². The van der Waals surface area contributed by atoms with Crippen LogP contribution in [-0.2, 0) is 11.3 Å². The highest BCUT2D eigenvalue weighted by atomic mass is 32.1. The molecule has 0 aliphatic carbocycles. The Morgan fingerprint density at radius 1 is 1.53 bits per heavy atom. The molecule has 100 valence electrons. The standard InChI is InChI=1S/C11H12N4O3S/c1-7-6-10(19-14-7)12-8(16)2-4-15-5-3-9(17)13-11(15)18/h3,5-6H,2,4H2,1H3,(H,12,16)(H,13,17,18). The largest absolute Gasteiger partial charge is 0.328 e. The number of hydrogen-bond acceptors (Lipinski definition) is 5. The van der Waals surface area contributed by atoms with Gasteiger partial charge in [0.1, 0.15) is 5.00 Å². The first kappa shape index (κ1) is 13.2. The van der Waals surface area contributed by atoms with E-state index < -0.39 is 11.2 Å². The molecular weight excluding hydrogens is 268 g/mol. The molecular formula is C11H12N4O3S. The Kier molecular flexibility index (Phi) is 3.91. The zero-order chi connectivity index (χ0) is 13.8. The molecule has 0 saturated heterocycles. The third-order valence-electron chi connectivity index (χ3n) is 2.37. The fourth-order valence-corrected chi connectivity index (χ4v) is 2.14. The van der Waals surface area contributed by atoms with E-state index >= 15 is 0 Å². The number of aromatic nitrogens is 3. The SMILES string of the molecule is Cc1cc(NC(=O)CCn2ccc(=O)[nH]c2=O)sn1. The van der Waals surface area contributed by atoms with Crippen LogP contribution >= 0.6 is 11.5 Å². The number of nitrogens with one attached hydrogen (secondary N) is 2. The number of aryl methyl sites for hydroxylation is 2. The van der Waals surface area contributed by atoms with Gasteiger partial charge in [-0.2, -0.15) is 4.37 Å². The number of hydrogen-bond donors (Lipinski definition) is 2. The molecule has 0 saturated carbocycles. The topological polar surface area (TPSA) is 96.9 Å². The molecule has 0 bridgehead atoms. The van der Waals surface area contributed by atoms with Crippen molar-refractivity contribution < 1.29 is 4.79 Å². The number of rotatable bonds is 4. The average Bonchev–Trinajstić information content (AvgIpc) is 2.73. The number of carbonyl (C=O) groups is 1. The number of H-pyrrole nitrogens is 1. The molecule has 2 N–H and O–H groups in total. The maximum Gasteiger partial charge on any atom is 0.328 e. The minimum atomic E-state index is -0.520.